The van der Waals surface area contributed by atoms with Gasteiger partial charge in [0.1, 0.15) is 5.69 Å². The average Bonchev–Trinajstić information content (AvgIpc) is 2.96. The zero-order valence-corrected chi connectivity index (χ0v) is 12.6. The Hall–Kier alpha value is -3.22. The molecule has 0 bridgehead atoms. The van der Waals surface area contributed by atoms with E-state index in [0.29, 0.717) is 11.1 Å². The summed E-state index contributed by atoms with van der Waals surface area (Å²) in [5.41, 5.74) is 3.40. The number of carbonyl (C=O) groups excluding carboxylic acids is 1. The summed E-state index contributed by atoms with van der Waals surface area (Å²) >= 11 is 0. The van der Waals surface area contributed by atoms with Gasteiger partial charge in [-0.2, -0.15) is 0 Å². The Morgan fingerprint density at radius 3 is 2.78 bits per heavy atom. The van der Waals surface area contributed by atoms with Crippen LogP contribution in [0.25, 0.3) is 11.0 Å². The predicted molar refractivity (Wildman–Crippen MR) is 86.6 cm³/mol. The van der Waals surface area contributed by atoms with Gasteiger partial charge >= 0.3 is 0 Å². The number of nitrogens with one attached hydrogen (secondary N) is 2. The van der Waals surface area contributed by atoms with E-state index in [4.69, 9.17) is 0 Å². The number of nitro groups is 1. The first-order valence-electron chi connectivity index (χ1n) is 6.96. The Bertz CT molecular complexity index is 930. The summed E-state index contributed by atoms with van der Waals surface area (Å²) in [6, 6.07) is 8.25. The van der Waals surface area contributed by atoms with Crippen molar-refractivity contribution in [2.24, 2.45) is 0 Å². The van der Waals surface area contributed by atoms with Crippen molar-refractivity contribution in [3.05, 3.63) is 63.5 Å². The molecule has 1 heterocycles. The lowest BCUT2D eigenvalue weighted by Crippen LogP contribution is -2.14. The summed E-state index contributed by atoms with van der Waals surface area (Å²) in [6.45, 7) is 3.51. The van der Waals surface area contributed by atoms with Crippen LogP contribution in [0.15, 0.2) is 36.7 Å². The molecular weight excluding hydrogens is 296 g/mol. The van der Waals surface area contributed by atoms with E-state index >= 15 is 0 Å². The maximum atomic E-state index is 12.4. The third-order valence-electron chi connectivity index (χ3n) is 3.58. The SMILES string of the molecule is Cc1cc(C)c(NC(=O)c2ccc3nc[nH]c3c2)c([N+](=O)[O-])c1. The van der Waals surface area contributed by atoms with E-state index in [0.717, 1.165) is 16.6 Å². The van der Waals surface area contributed by atoms with E-state index in [1.54, 1.807) is 44.4 Å². The normalized spacial score (nSPS) is 10.7. The van der Waals surface area contributed by atoms with Crippen LogP contribution in [0.3, 0.4) is 0 Å². The highest BCUT2D eigenvalue weighted by atomic mass is 16.6. The number of hydrogen-bond donors (Lipinski definition) is 2. The Morgan fingerprint density at radius 1 is 1.26 bits per heavy atom. The van der Waals surface area contributed by atoms with Gasteiger partial charge in [-0.25, -0.2) is 4.98 Å². The minimum absolute atomic E-state index is 0.113. The first-order valence-corrected chi connectivity index (χ1v) is 6.96. The highest BCUT2D eigenvalue weighted by Crippen LogP contribution is 2.30. The zero-order valence-electron chi connectivity index (χ0n) is 12.6. The smallest absolute Gasteiger partial charge is 0.293 e. The first-order chi connectivity index (χ1) is 11.0. The van der Waals surface area contributed by atoms with Crippen LogP contribution in [-0.2, 0) is 0 Å². The Balaban J connectivity index is 1.98. The number of aromatic amines is 1. The highest BCUT2D eigenvalue weighted by Gasteiger charge is 2.19. The molecule has 2 aromatic carbocycles. The summed E-state index contributed by atoms with van der Waals surface area (Å²) in [7, 11) is 0. The number of aromatic nitrogens is 2. The lowest BCUT2D eigenvalue weighted by atomic mass is 10.1. The van der Waals surface area contributed by atoms with Gasteiger partial charge in [0.05, 0.1) is 22.3 Å². The van der Waals surface area contributed by atoms with Crippen LogP contribution >= 0.6 is 0 Å². The third-order valence-corrected chi connectivity index (χ3v) is 3.58. The van der Waals surface area contributed by atoms with Crippen LogP contribution in [0.5, 0.6) is 0 Å². The molecule has 2 N–H and O–H groups in total. The molecule has 0 fully saturated rings. The summed E-state index contributed by atoms with van der Waals surface area (Å²) in [4.78, 5) is 30.2. The number of rotatable bonds is 3. The van der Waals surface area contributed by atoms with Crippen molar-refractivity contribution in [3.8, 4) is 0 Å². The molecule has 116 valence electrons. The number of H-pyrrole nitrogens is 1. The number of aryl methyl sites for hydroxylation is 2. The topological polar surface area (TPSA) is 101 Å². The number of nitro benzene ring substituents is 1. The second kappa shape index (κ2) is 5.53. The molecule has 1 amide bonds. The number of nitrogens with zero attached hydrogens (tertiary/aromatic N) is 2. The number of imidazole rings is 1. The fraction of sp³-hybridized carbons (Fsp3) is 0.125. The predicted octanol–water partition coefficient (Wildman–Crippen LogP) is 3.34. The van der Waals surface area contributed by atoms with Crippen LogP contribution in [0.1, 0.15) is 21.5 Å². The number of carbonyl (C=O) groups is 1. The van der Waals surface area contributed by atoms with Gasteiger partial charge < -0.3 is 10.3 Å². The van der Waals surface area contributed by atoms with E-state index in [9.17, 15) is 14.9 Å². The van der Waals surface area contributed by atoms with Crippen LogP contribution in [0.2, 0.25) is 0 Å². The molecule has 0 unspecified atom stereocenters. The van der Waals surface area contributed by atoms with Gasteiger partial charge in [0.2, 0.25) is 0 Å². The molecule has 1 aromatic heterocycles. The summed E-state index contributed by atoms with van der Waals surface area (Å²) in [5.74, 6) is -0.406. The van der Waals surface area contributed by atoms with Crippen LogP contribution in [0, 0.1) is 24.0 Å². The molecule has 0 atom stereocenters. The van der Waals surface area contributed by atoms with Gasteiger partial charge in [0.25, 0.3) is 11.6 Å². The number of benzene rings is 2. The molecule has 0 saturated carbocycles. The molecule has 0 aliphatic rings. The molecule has 0 aliphatic carbocycles. The fourth-order valence-corrected chi connectivity index (χ4v) is 2.51. The van der Waals surface area contributed by atoms with Crippen molar-refractivity contribution in [1.82, 2.24) is 9.97 Å². The average molecular weight is 310 g/mol. The van der Waals surface area contributed by atoms with E-state index in [-0.39, 0.29) is 11.4 Å². The van der Waals surface area contributed by atoms with E-state index in [1.165, 1.54) is 6.07 Å². The lowest BCUT2D eigenvalue weighted by Gasteiger charge is -2.10. The molecular formula is C16H14N4O3. The second-order valence-corrected chi connectivity index (χ2v) is 5.32. The van der Waals surface area contributed by atoms with Crippen molar-refractivity contribution in [3.63, 3.8) is 0 Å². The monoisotopic (exact) mass is 310 g/mol. The van der Waals surface area contributed by atoms with Crippen molar-refractivity contribution < 1.29 is 9.72 Å². The lowest BCUT2D eigenvalue weighted by molar-refractivity contribution is -0.384. The third kappa shape index (κ3) is 2.76. The number of hydrogen-bond acceptors (Lipinski definition) is 4. The molecule has 0 radical (unpaired) electrons. The van der Waals surface area contributed by atoms with Crippen molar-refractivity contribution in [2.75, 3.05) is 5.32 Å². The van der Waals surface area contributed by atoms with Gasteiger partial charge in [-0.05, 0) is 43.2 Å². The second-order valence-electron chi connectivity index (χ2n) is 5.32. The summed E-state index contributed by atoms with van der Waals surface area (Å²) in [5, 5.41) is 13.9. The van der Waals surface area contributed by atoms with Crippen LogP contribution in [0.4, 0.5) is 11.4 Å². The number of fused-ring (bicyclic) bond motifs is 1. The zero-order chi connectivity index (χ0) is 16.6. The van der Waals surface area contributed by atoms with Crippen LogP contribution < -0.4 is 5.32 Å². The number of amides is 1. The molecule has 23 heavy (non-hydrogen) atoms. The van der Waals surface area contributed by atoms with Crippen molar-refractivity contribution >= 4 is 28.3 Å². The van der Waals surface area contributed by atoms with Crippen molar-refractivity contribution in [2.45, 2.75) is 13.8 Å². The largest absolute Gasteiger partial charge is 0.345 e. The van der Waals surface area contributed by atoms with Gasteiger partial charge in [-0.15, -0.1) is 0 Å². The first kappa shape index (κ1) is 14.7. The van der Waals surface area contributed by atoms with Gasteiger partial charge in [-0.1, -0.05) is 6.07 Å². The van der Waals surface area contributed by atoms with Gasteiger partial charge in [-0.3, -0.25) is 14.9 Å². The minimum Gasteiger partial charge on any atom is -0.345 e. The Labute approximate surface area is 131 Å². The maximum Gasteiger partial charge on any atom is 0.293 e. The van der Waals surface area contributed by atoms with Gasteiger partial charge in [0.15, 0.2) is 0 Å². The Kier molecular flexibility index (Phi) is 3.53. The standard InChI is InChI=1S/C16H14N4O3/c1-9-5-10(2)15(14(6-9)20(22)23)19-16(21)11-3-4-12-13(7-11)18-8-17-12/h3-8H,1-2H3,(H,17,18)(H,19,21). The van der Waals surface area contributed by atoms with Crippen LogP contribution in [-0.4, -0.2) is 20.8 Å². The molecule has 7 heteroatoms. The highest BCUT2D eigenvalue weighted by molar-refractivity contribution is 6.07. The molecule has 0 spiro atoms. The summed E-state index contributed by atoms with van der Waals surface area (Å²) < 4.78 is 0. The van der Waals surface area contributed by atoms with E-state index in [2.05, 4.69) is 15.3 Å². The maximum absolute atomic E-state index is 12.4. The fourth-order valence-electron chi connectivity index (χ4n) is 2.51. The van der Waals surface area contributed by atoms with E-state index < -0.39 is 10.8 Å². The minimum atomic E-state index is -0.492. The number of anilines is 1. The molecule has 3 rings (SSSR count). The molecule has 0 aliphatic heterocycles. The quantitative estimate of drug-likeness (QED) is 0.572. The van der Waals surface area contributed by atoms with Gasteiger partial charge in [0, 0.05) is 11.6 Å². The summed E-state index contributed by atoms with van der Waals surface area (Å²) in [6.07, 6.45) is 1.54. The molecule has 0 saturated heterocycles. The van der Waals surface area contributed by atoms with E-state index in [1.807, 2.05) is 0 Å². The van der Waals surface area contributed by atoms with Crippen molar-refractivity contribution in [1.29, 1.82) is 0 Å². The Morgan fingerprint density at radius 2 is 2.04 bits per heavy atom. The molecule has 7 nitrogen and oxygen atoms in total. The molecule has 3 aromatic rings.